The highest BCUT2D eigenvalue weighted by atomic mass is 16.5. The van der Waals surface area contributed by atoms with Crippen LogP contribution in [-0.4, -0.2) is 62.3 Å². The van der Waals surface area contributed by atoms with Crippen LogP contribution in [0.5, 0.6) is 0 Å². The third kappa shape index (κ3) is 5.19. The number of hydrogen-bond donors (Lipinski definition) is 0. The Hall–Kier alpha value is -0.380. The molecular weight excluding hydrogens is 212 g/mol. The van der Waals surface area contributed by atoms with E-state index in [0.717, 1.165) is 19.7 Å². The monoisotopic (exact) mass is 240 g/mol. The number of allylic oxidation sites excluding steroid dienone is 1. The lowest BCUT2D eigenvalue weighted by Crippen LogP contribution is -2.53. The van der Waals surface area contributed by atoms with Gasteiger partial charge in [0.05, 0.1) is 6.61 Å². The Morgan fingerprint density at radius 2 is 2.12 bits per heavy atom. The van der Waals surface area contributed by atoms with E-state index < -0.39 is 0 Å². The van der Waals surface area contributed by atoms with Crippen LogP contribution in [0.4, 0.5) is 0 Å². The van der Waals surface area contributed by atoms with E-state index in [0.29, 0.717) is 6.04 Å². The van der Waals surface area contributed by atoms with Gasteiger partial charge in [-0.15, -0.1) is 0 Å². The molecule has 0 bridgehead atoms. The van der Waals surface area contributed by atoms with Gasteiger partial charge in [-0.05, 0) is 20.3 Å². The van der Waals surface area contributed by atoms with Crippen molar-refractivity contribution in [2.24, 2.45) is 0 Å². The van der Waals surface area contributed by atoms with Crippen LogP contribution in [0.1, 0.15) is 27.2 Å². The summed E-state index contributed by atoms with van der Waals surface area (Å²) in [4.78, 5) is 5.13. The van der Waals surface area contributed by atoms with E-state index >= 15 is 0 Å². The molecule has 0 amide bonds. The molecule has 1 atom stereocenters. The van der Waals surface area contributed by atoms with Crippen molar-refractivity contribution < 1.29 is 4.74 Å². The second-order valence-electron chi connectivity index (χ2n) is 5.13. The Labute approximate surface area is 106 Å². The van der Waals surface area contributed by atoms with E-state index in [1.165, 1.54) is 31.6 Å². The van der Waals surface area contributed by atoms with Gasteiger partial charge in [0, 0.05) is 45.9 Å². The molecule has 1 aliphatic heterocycles. The third-order valence-electron chi connectivity index (χ3n) is 3.50. The van der Waals surface area contributed by atoms with Crippen molar-refractivity contribution in [1.82, 2.24) is 9.80 Å². The standard InChI is InChI=1S/C14H28N2O/c1-5-14-12-15(7-6-13(2)3)8-9-16(14)10-11-17-4/h6,14H,5,7-12H2,1-4H3. The number of nitrogens with zero attached hydrogens (tertiary/aromatic N) is 2. The van der Waals surface area contributed by atoms with Crippen LogP contribution in [0.3, 0.4) is 0 Å². The van der Waals surface area contributed by atoms with Crippen molar-refractivity contribution in [2.45, 2.75) is 33.2 Å². The largest absolute Gasteiger partial charge is 0.383 e. The molecule has 17 heavy (non-hydrogen) atoms. The SMILES string of the molecule is CCC1CN(CC=C(C)C)CCN1CCOC. The first-order valence-electron chi connectivity index (χ1n) is 6.76. The predicted octanol–water partition coefficient (Wildman–Crippen LogP) is 2.00. The first kappa shape index (κ1) is 14.7. The molecule has 3 heteroatoms. The lowest BCUT2D eigenvalue weighted by Gasteiger charge is -2.40. The van der Waals surface area contributed by atoms with Crippen LogP contribution >= 0.6 is 0 Å². The van der Waals surface area contributed by atoms with E-state index in [1.54, 1.807) is 7.11 Å². The van der Waals surface area contributed by atoms with Gasteiger partial charge in [0.15, 0.2) is 0 Å². The zero-order valence-corrected chi connectivity index (χ0v) is 11.9. The van der Waals surface area contributed by atoms with Gasteiger partial charge in [-0.2, -0.15) is 0 Å². The molecule has 3 nitrogen and oxygen atoms in total. The number of hydrogen-bond acceptors (Lipinski definition) is 3. The van der Waals surface area contributed by atoms with Crippen molar-refractivity contribution >= 4 is 0 Å². The fourth-order valence-electron chi connectivity index (χ4n) is 2.32. The van der Waals surface area contributed by atoms with Crippen LogP contribution in [-0.2, 0) is 4.74 Å². The maximum Gasteiger partial charge on any atom is 0.0589 e. The molecule has 0 N–H and O–H groups in total. The smallest absolute Gasteiger partial charge is 0.0589 e. The van der Waals surface area contributed by atoms with E-state index in [9.17, 15) is 0 Å². The zero-order chi connectivity index (χ0) is 12.7. The van der Waals surface area contributed by atoms with Gasteiger partial charge in [-0.3, -0.25) is 9.80 Å². The predicted molar refractivity (Wildman–Crippen MR) is 73.4 cm³/mol. The molecule has 1 heterocycles. The van der Waals surface area contributed by atoms with Crippen LogP contribution in [0.25, 0.3) is 0 Å². The summed E-state index contributed by atoms with van der Waals surface area (Å²) < 4.78 is 5.18. The highest BCUT2D eigenvalue weighted by Crippen LogP contribution is 2.12. The fraction of sp³-hybridized carbons (Fsp3) is 0.857. The minimum Gasteiger partial charge on any atom is -0.383 e. The van der Waals surface area contributed by atoms with Gasteiger partial charge in [0.25, 0.3) is 0 Å². The van der Waals surface area contributed by atoms with Gasteiger partial charge in [0.2, 0.25) is 0 Å². The summed E-state index contributed by atoms with van der Waals surface area (Å²) in [7, 11) is 1.78. The average Bonchev–Trinajstić information content (AvgIpc) is 2.34. The molecule has 1 rings (SSSR count). The average molecular weight is 240 g/mol. The van der Waals surface area contributed by atoms with Gasteiger partial charge >= 0.3 is 0 Å². The molecule has 1 fully saturated rings. The van der Waals surface area contributed by atoms with E-state index in [2.05, 4.69) is 36.6 Å². The van der Waals surface area contributed by atoms with Gasteiger partial charge in [-0.1, -0.05) is 18.6 Å². The van der Waals surface area contributed by atoms with Crippen molar-refractivity contribution in [3.05, 3.63) is 11.6 Å². The van der Waals surface area contributed by atoms with Crippen molar-refractivity contribution in [2.75, 3.05) is 46.4 Å². The van der Waals surface area contributed by atoms with Gasteiger partial charge in [-0.25, -0.2) is 0 Å². The molecular formula is C14H28N2O. The maximum atomic E-state index is 5.18. The summed E-state index contributed by atoms with van der Waals surface area (Å²) in [6, 6.07) is 0.699. The maximum absolute atomic E-state index is 5.18. The summed E-state index contributed by atoms with van der Waals surface area (Å²) in [5.41, 5.74) is 1.42. The second-order valence-corrected chi connectivity index (χ2v) is 5.13. The number of ether oxygens (including phenoxy) is 1. The van der Waals surface area contributed by atoms with Crippen molar-refractivity contribution in [1.29, 1.82) is 0 Å². The van der Waals surface area contributed by atoms with Crippen LogP contribution in [0.15, 0.2) is 11.6 Å². The molecule has 0 spiro atoms. The lowest BCUT2D eigenvalue weighted by atomic mass is 10.1. The Morgan fingerprint density at radius 3 is 2.71 bits per heavy atom. The lowest BCUT2D eigenvalue weighted by molar-refractivity contribution is 0.0546. The van der Waals surface area contributed by atoms with Crippen LogP contribution in [0.2, 0.25) is 0 Å². The summed E-state index contributed by atoms with van der Waals surface area (Å²) in [6.45, 7) is 13.2. The Bertz CT molecular complexity index is 236. The quantitative estimate of drug-likeness (QED) is 0.660. The molecule has 1 unspecified atom stereocenters. The zero-order valence-electron chi connectivity index (χ0n) is 11.9. The summed E-state index contributed by atoms with van der Waals surface area (Å²) in [6.07, 6.45) is 3.56. The molecule has 0 saturated carbocycles. The summed E-state index contributed by atoms with van der Waals surface area (Å²) in [5.74, 6) is 0. The first-order chi connectivity index (χ1) is 8.17. The minimum atomic E-state index is 0.699. The van der Waals surface area contributed by atoms with Crippen molar-refractivity contribution in [3.8, 4) is 0 Å². The number of methoxy groups -OCH3 is 1. The molecule has 0 aliphatic carbocycles. The Balaban J connectivity index is 2.40. The van der Waals surface area contributed by atoms with E-state index in [4.69, 9.17) is 4.74 Å². The van der Waals surface area contributed by atoms with Gasteiger partial charge in [0.1, 0.15) is 0 Å². The summed E-state index contributed by atoms with van der Waals surface area (Å²) >= 11 is 0. The third-order valence-corrected chi connectivity index (χ3v) is 3.50. The molecule has 0 aromatic heterocycles. The van der Waals surface area contributed by atoms with E-state index in [1.807, 2.05) is 0 Å². The molecule has 0 aromatic rings. The highest BCUT2D eigenvalue weighted by Gasteiger charge is 2.24. The topological polar surface area (TPSA) is 15.7 Å². The molecule has 1 aliphatic rings. The summed E-state index contributed by atoms with van der Waals surface area (Å²) in [5, 5.41) is 0. The first-order valence-corrected chi connectivity index (χ1v) is 6.76. The number of rotatable bonds is 6. The Kier molecular flexibility index (Phi) is 6.78. The molecule has 0 radical (unpaired) electrons. The highest BCUT2D eigenvalue weighted by molar-refractivity contribution is 4.96. The minimum absolute atomic E-state index is 0.699. The molecule has 1 saturated heterocycles. The molecule has 100 valence electrons. The molecule has 0 aromatic carbocycles. The second kappa shape index (κ2) is 7.85. The Morgan fingerprint density at radius 1 is 1.35 bits per heavy atom. The van der Waals surface area contributed by atoms with Crippen LogP contribution < -0.4 is 0 Å². The van der Waals surface area contributed by atoms with Crippen molar-refractivity contribution in [3.63, 3.8) is 0 Å². The van der Waals surface area contributed by atoms with E-state index in [-0.39, 0.29) is 0 Å². The van der Waals surface area contributed by atoms with Gasteiger partial charge < -0.3 is 4.74 Å². The normalized spacial score (nSPS) is 22.7. The fourth-order valence-corrected chi connectivity index (χ4v) is 2.32. The number of piperazine rings is 1. The van der Waals surface area contributed by atoms with Crippen LogP contribution in [0, 0.1) is 0 Å².